The normalized spacial score (nSPS) is 12.5. The highest BCUT2D eigenvalue weighted by molar-refractivity contribution is 7.80. The Labute approximate surface area is 195 Å². The Balaban J connectivity index is 1.44. The first kappa shape index (κ1) is 21.1. The molecule has 0 unspecified atom stereocenters. The number of anilines is 1. The van der Waals surface area contributed by atoms with Crippen molar-refractivity contribution in [3.05, 3.63) is 88.1 Å². The third-order valence-corrected chi connectivity index (χ3v) is 5.82. The van der Waals surface area contributed by atoms with E-state index in [9.17, 15) is 4.79 Å². The third kappa shape index (κ3) is 4.70. The van der Waals surface area contributed by atoms with Gasteiger partial charge in [0.05, 0.1) is 24.9 Å². The minimum Gasteiger partial charge on any atom is -0.486 e. The number of aromatic nitrogens is 1. The van der Waals surface area contributed by atoms with Gasteiger partial charge in [0, 0.05) is 22.7 Å². The summed E-state index contributed by atoms with van der Waals surface area (Å²) in [6.45, 7) is 3.76. The Hall–Kier alpha value is -3.78. The van der Waals surface area contributed by atoms with Crippen LogP contribution in [0.25, 0.3) is 10.9 Å². The van der Waals surface area contributed by atoms with Crippen molar-refractivity contribution in [3.8, 4) is 11.5 Å². The number of benzene rings is 2. The smallest absolute Gasteiger partial charge is 0.253 e. The zero-order chi connectivity index (χ0) is 22.8. The van der Waals surface area contributed by atoms with E-state index in [1.165, 1.54) is 0 Å². The molecule has 0 bridgehead atoms. The van der Waals surface area contributed by atoms with Gasteiger partial charge in [-0.1, -0.05) is 17.7 Å². The van der Waals surface area contributed by atoms with Gasteiger partial charge in [0.25, 0.3) is 5.56 Å². The van der Waals surface area contributed by atoms with E-state index in [1.54, 1.807) is 12.3 Å². The summed E-state index contributed by atoms with van der Waals surface area (Å²) in [5, 5.41) is 4.63. The summed E-state index contributed by atoms with van der Waals surface area (Å²) in [6.07, 6.45) is 1.62. The highest BCUT2D eigenvalue weighted by Crippen LogP contribution is 2.33. The number of nitrogens with zero attached hydrogens (tertiary/aromatic N) is 1. The van der Waals surface area contributed by atoms with Crippen LogP contribution in [0.3, 0.4) is 0 Å². The van der Waals surface area contributed by atoms with E-state index in [0.717, 1.165) is 22.4 Å². The number of aryl methyl sites for hydroxylation is 1. The zero-order valence-corrected chi connectivity index (χ0v) is 18.9. The highest BCUT2D eigenvalue weighted by atomic mass is 32.1. The Morgan fingerprint density at radius 1 is 1.06 bits per heavy atom. The average Bonchev–Trinajstić information content (AvgIpc) is 3.32. The molecule has 8 heteroatoms. The van der Waals surface area contributed by atoms with E-state index >= 15 is 0 Å². The van der Waals surface area contributed by atoms with Crippen LogP contribution in [0.15, 0.2) is 70.1 Å². The molecule has 0 atom stereocenters. The molecule has 2 aromatic carbocycles. The Kier molecular flexibility index (Phi) is 5.75. The van der Waals surface area contributed by atoms with Crippen LogP contribution >= 0.6 is 12.2 Å². The Bertz CT molecular complexity index is 1350. The second kappa shape index (κ2) is 8.99. The fourth-order valence-electron chi connectivity index (χ4n) is 3.74. The lowest BCUT2D eigenvalue weighted by molar-refractivity contribution is 0.172. The molecule has 168 valence electrons. The third-order valence-electron chi connectivity index (χ3n) is 5.46. The first-order chi connectivity index (χ1) is 16.0. The van der Waals surface area contributed by atoms with Gasteiger partial charge in [-0.2, -0.15) is 0 Å². The molecule has 5 rings (SSSR count). The minimum atomic E-state index is -0.179. The second-order valence-electron chi connectivity index (χ2n) is 7.94. The van der Waals surface area contributed by atoms with Crippen LogP contribution in [0.5, 0.6) is 11.5 Å². The number of nitrogens with one attached hydrogen (secondary N) is 2. The highest BCUT2D eigenvalue weighted by Gasteiger charge is 2.18. The standard InChI is InChI=1S/C25H23N3O4S/c1-16-4-6-19(7-5-16)26-25(33)28(15-20-3-2-8-30-20)14-18-11-17-12-22-23(32-10-9-31-22)13-21(17)27-24(18)29/h2-8,11-13H,9-10,14-15H2,1H3,(H,26,33)(H,27,29). The number of thiocarbonyl (C=S) groups is 1. The fourth-order valence-corrected chi connectivity index (χ4v) is 3.99. The quantitative estimate of drug-likeness (QED) is 0.421. The van der Waals surface area contributed by atoms with Crippen molar-refractivity contribution < 1.29 is 13.9 Å². The number of furan rings is 1. The number of fused-ring (bicyclic) bond motifs is 2. The predicted molar refractivity (Wildman–Crippen MR) is 131 cm³/mol. The maximum Gasteiger partial charge on any atom is 0.253 e. The van der Waals surface area contributed by atoms with Crippen molar-refractivity contribution >= 4 is 33.9 Å². The molecule has 0 fully saturated rings. The van der Waals surface area contributed by atoms with E-state index in [4.69, 9.17) is 26.1 Å². The molecular formula is C25H23N3O4S. The molecule has 0 spiro atoms. The second-order valence-corrected chi connectivity index (χ2v) is 8.33. The molecule has 0 amide bonds. The van der Waals surface area contributed by atoms with Crippen molar-refractivity contribution in [1.82, 2.24) is 9.88 Å². The molecule has 2 aromatic heterocycles. The largest absolute Gasteiger partial charge is 0.486 e. The van der Waals surface area contributed by atoms with Gasteiger partial charge in [-0.05, 0) is 55.5 Å². The van der Waals surface area contributed by atoms with Gasteiger partial charge < -0.3 is 29.1 Å². The van der Waals surface area contributed by atoms with Crippen molar-refractivity contribution in [2.24, 2.45) is 0 Å². The lowest BCUT2D eigenvalue weighted by Crippen LogP contribution is -2.35. The van der Waals surface area contributed by atoms with Gasteiger partial charge in [0.2, 0.25) is 0 Å². The number of aromatic amines is 1. The number of rotatable bonds is 5. The maximum atomic E-state index is 12.9. The molecule has 0 aliphatic carbocycles. The van der Waals surface area contributed by atoms with E-state index in [-0.39, 0.29) is 5.56 Å². The van der Waals surface area contributed by atoms with Crippen LogP contribution in [0.2, 0.25) is 0 Å². The van der Waals surface area contributed by atoms with Crippen LogP contribution in [-0.2, 0) is 13.1 Å². The molecule has 0 saturated carbocycles. The van der Waals surface area contributed by atoms with Gasteiger partial charge >= 0.3 is 0 Å². The van der Waals surface area contributed by atoms with Gasteiger partial charge in [-0.3, -0.25) is 4.79 Å². The predicted octanol–water partition coefficient (Wildman–Crippen LogP) is 4.60. The molecule has 1 aliphatic heterocycles. The zero-order valence-electron chi connectivity index (χ0n) is 18.1. The van der Waals surface area contributed by atoms with Crippen molar-refractivity contribution in [3.63, 3.8) is 0 Å². The average molecular weight is 462 g/mol. The molecule has 4 aromatic rings. The molecular weight excluding hydrogens is 438 g/mol. The van der Waals surface area contributed by atoms with E-state index < -0.39 is 0 Å². The Morgan fingerprint density at radius 3 is 2.55 bits per heavy atom. The van der Waals surface area contributed by atoms with Crippen LogP contribution in [0.4, 0.5) is 5.69 Å². The minimum absolute atomic E-state index is 0.179. The summed E-state index contributed by atoms with van der Waals surface area (Å²) >= 11 is 5.71. The van der Waals surface area contributed by atoms with E-state index in [1.807, 2.05) is 60.4 Å². The van der Waals surface area contributed by atoms with E-state index in [2.05, 4.69) is 10.3 Å². The topological polar surface area (TPSA) is 79.7 Å². The summed E-state index contributed by atoms with van der Waals surface area (Å²) in [5.74, 6) is 2.07. The first-order valence-electron chi connectivity index (χ1n) is 10.7. The summed E-state index contributed by atoms with van der Waals surface area (Å²) in [7, 11) is 0. The van der Waals surface area contributed by atoms with Gasteiger partial charge in [0.1, 0.15) is 19.0 Å². The van der Waals surface area contributed by atoms with Gasteiger partial charge in [0.15, 0.2) is 16.6 Å². The molecule has 1 aliphatic rings. The summed E-state index contributed by atoms with van der Waals surface area (Å²) < 4.78 is 16.9. The lowest BCUT2D eigenvalue weighted by atomic mass is 10.1. The number of H-pyrrole nitrogens is 1. The Morgan fingerprint density at radius 2 is 1.82 bits per heavy atom. The summed E-state index contributed by atoms with van der Waals surface area (Å²) in [4.78, 5) is 17.8. The van der Waals surface area contributed by atoms with Crippen LogP contribution < -0.4 is 20.3 Å². The van der Waals surface area contributed by atoms with Gasteiger partial charge in [-0.15, -0.1) is 0 Å². The molecule has 3 heterocycles. The van der Waals surface area contributed by atoms with Crippen LogP contribution in [0, 0.1) is 6.92 Å². The van der Waals surface area contributed by atoms with Crippen LogP contribution in [-0.4, -0.2) is 28.2 Å². The molecule has 7 nitrogen and oxygen atoms in total. The molecule has 0 radical (unpaired) electrons. The fraction of sp³-hybridized carbons (Fsp3) is 0.200. The van der Waals surface area contributed by atoms with E-state index in [0.29, 0.717) is 54.0 Å². The van der Waals surface area contributed by atoms with Crippen molar-refractivity contribution in [1.29, 1.82) is 0 Å². The molecule has 33 heavy (non-hydrogen) atoms. The number of ether oxygens (including phenoxy) is 2. The lowest BCUT2D eigenvalue weighted by Gasteiger charge is -2.25. The van der Waals surface area contributed by atoms with Gasteiger partial charge in [-0.25, -0.2) is 0 Å². The molecule has 0 saturated heterocycles. The maximum absolute atomic E-state index is 12.9. The van der Waals surface area contributed by atoms with Crippen molar-refractivity contribution in [2.45, 2.75) is 20.0 Å². The van der Waals surface area contributed by atoms with Crippen LogP contribution in [0.1, 0.15) is 16.9 Å². The SMILES string of the molecule is Cc1ccc(NC(=S)N(Cc2ccco2)Cc2cc3cc4c(cc3[nH]c2=O)OCCO4)cc1. The number of hydrogen-bond acceptors (Lipinski definition) is 5. The van der Waals surface area contributed by atoms with Crippen molar-refractivity contribution in [2.75, 3.05) is 18.5 Å². The summed E-state index contributed by atoms with van der Waals surface area (Å²) in [5.41, 5.74) is 3.15. The molecule has 2 N–H and O–H groups in total. The number of hydrogen-bond donors (Lipinski definition) is 2. The summed E-state index contributed by atoms with van der Waals surface area (Å²) in [6, 6.07) is 17.3. The first-order valence-corrected chi connectivity index (χ1v) is 11.1. The number of pyridine rings is 1. The monoisotopic (exact) mass is 461 g/mol.